The van der Waals surface area contributed by atoms with Crippen LogP contribution in [0.5, 0.6) is 0 Å². The number of aromatic amines is 1. The maximum atomic E-state index is 15.4. The predicted molar refractivity (Wildman–Crippen MR) is 155 cm³/mol. The van der Waals surface area contributed by atoms with E-state index in [1.165, 1.54) is 17.0 Å². The lowest BCUT2D eigenvalue weighted by molar-refractivity contribution is -0.137. The Bertz CT molecular complexity index is 1840. The number of alkyl halides is 3. The Labute approximate surface area is 248 Å². The van der Waals surface area contributed by atoms with Gasteiger partial charge in [0.05, 0.1) is 11.3 Å². The maximum absolute atomic E-state index is 15.4. The number of fused-ring (bicyclic) bond motifs is 1. The highest BCUT2D eigenvalue weighted by Gasteiger charge is 2.58. The van der Waals surface area contributed by atoms with E-state index in [1.807, 2.05) is 6.07 Å². The van der Waals surface area contributed by atoms with Crippen LogP contribution in [0.25, 0.3) is 15.7 Å². The predicted octanol–water partition coefficient (Wildman–Crippen LogP) is 6.65. The number of hydrogen-bond acceptors (Lipinski definition) is 4. The number of aromatic nitrogens is 2. The van der Waals surface area contributed by atoms with Crippen LogP contribution in [0, 0.1) is 12.4 Å². The van der Waals surface area contributed by atoms with Crippen molar-refractivity contribution < 1.29 is 27.2 Å². The van der Waals surface area contributed by atoms with Crippen LogP contribution in [0.15, 0.2) is 60.9 Å². The van der Waals surface area contributed by atoms with Crippen LogP contribution >= 0.6 is 12.2 Å². The number of carbonyl (C=O) groups is 2. The highest BCUT2D eigenvalue weighted by molar-refractivity contribution is 7.81. The van der Waals surface area contributed by atoms with Crippen LogP contribution in [0.3, 0.4) is 0 Å². The number of halogens is 4. The summed E-state index contributed by atoms with van der Waals surface area (Å²) in [6.45, 7) is 6.94. The molecule has 2 amide bonds. The average Bonchev–Trinajstić information content (AvgIpc) is 3.70. The third-order valence-electron chi connectivity index (χ3n) is 7.91. The summed E-state index contributed by atoms with van der Waals surface area (Å²) in [5.74, 6) is -2.40. The van der Waals surface area contributed by atoms with E-state index in [-0.39, 0.29) is 34.5 Å². The molecule has 2 fully saturated rings. The third-order valence-corrected chi connectivity index (χ3v) is 8.28. The summed E-state index contributed by atoms with van der Waals surface area (Å²) in [5, 5.41) is 3.46. The van der Waals surface area contributed by atoms with E-state index in [2.05, 4.69) is 20.1 Å². The minimum absolute atomic E-state index is 0.101. The van der Waals surface area contributed by atoms with Crippen LogP contribution in [0.1, 0.15) is 47.2 Å². The van der Waals surface area contributed by atoms with E-state index in [0.717, 1.165) is 22.0 Å². The molecule has 1 aliphatic heterocycles. The Morgan fingerprint density at radius 3 is 2.58 bits per heavy atom. The number of pyridine rings is 1. The normalized spacial score (nSPS) is 16.3. The monoisotopic (exact) mass is 606 g/mol. The SMILES string of the molecule is [C-]#[N+]c1ncc(N2C(=O)C3(CCCC3)N(c3ccc(CNC(=O)c4ccc5[nH]ccc5c4)c(F)c3)C2=S)cc1C(F)(F)F. The van der Waals surface area contributed by atoms with Crippen molar-refractivity contribution >= 4 is 57.2 Å². The summed E-state index contributed by atoms with van der Waals surface area (Å²) in [6.07, 6.45) is -0.0224. The second-order valence-corrected chi connectivity index (χ2v) is 10.8. The molecular formula is C30H22F4N6O2S. The number of hydrogen-bond donors (Lipinski definition) is 2. The smallest absolute Gasteiger partial charge is 0.361 e. The first-order chi connectivity index (χ1) is 20.5. The van der Waals surface area contributed by atoms with Gasteiger partial charge in [0.25, 0.3) is 17.6 Å². The minimum Gasteiger partial charge on any atom is -0.361 e. The van der Waals surface area contributed by atoms with Gasteiger partial charge in [-0.1, -0.05) is 25.5 Å². The van der Waals surface area contributed by atoms with Gasteiger partial charge in [0, 0.05) is 40.5 Å². The Balaban J connectivity index is 1.28. The largest absolute Gasteiger partial charge is 0.409 e. The van der Waals surface area contributed by atoms with Crippen molar-refractivity contribution in [2.75, 3.05) is 9.80 Å². The van der Waals surface area contributed by atoms with Crippen LogP contribution in [0.2, 0.25) is 0 Å². The molecular weight excluding hydrogens is 584 g/mol. The minimum atomic E-state index is -4.87. The summed E-state index contributed by atoms with van der Waals surface area (Å²) in [7, 11) is 0. The number of amides is 2. The molecule has 8 nitrogen and oxygen atoms in total. The molecule has 6 rings (SSSR count). The van der Waals surface area contributed by atoms with Gasteiger partial charge in [0.1, 0.15) is 17.6 Å². The molecule has 1 saturated carbocycles. The van der Waals surface area contributed by atoms with E-state index < -0.39 is 34.8 Å². The highest BCUT2D eigenvalue weighted by Crippen LogP contribution is 2.47. The molecule has 3 heterocycles. The van der Waals surface area contributed by atoms with E-state index in [0.29, 0.717) is 37.3 Å². The second-order valence-electron chi connectivity index (χ2n) is 10.4. The Kier molecular flexibility index (Phi) is 6.89. The number of nitrogens with one attached hydrogen (secondary N) is 2. The molecule has 218 valence electrons. The van der Waals surface area contributed by atoms with Crippen molar-refractivity contribution in [3.05, 3.63) is 94.8 Å². The van der Waals surface area contributed by atoms with Crippen molar-refractivity contribution in [1.29, 1.82) is 0 Å². The fraction of sp³-hybridized carbons (Fsp3) is 0.233. The fourth-order valence-electron chi connectivity index (χ4n) is 5.81. The molecule has 2 N–H and O–H groups in total. The Morgan fingerprint density at radius 2 is 1.88 bits per heavy atom. The van der Waals surface area contributed by atoms with Crippen molar-refractivity contribution in [2.45, 2.75) is 43.9 Å². The summed E-state index contributed by atoms with van der Waals surface area (Å²) < 4.78 is 56.4. The van der Waals surface area contributed by atoms with Crippen LogP contribution < -0.4 is 15.1 Å². The van der Waals surface area contributed by atoms with Gasteiger partial charge < -0.3 is 20.0 Å². The topological polar surface area (TPSA) is 85.7 Å². The van der Waals surface area contributed by atoms with Gasteiger partial charge in [-0.3, -0.25) is 14.5 Å². The van der Waals surface area contributed by atoms with E-state index >= 15 is 4.39 Å². The second kappa shape index (κ2) is 10.5. The summed E-state index contributed by atoms with van der Waals surface area (Å²) >= 11 is 5.63. The lowest BCUT2D eigenvalue weighted by Gasteiger charge is -2.32. The number of thiocarbonyl (C=S) groups is 1. The van der Waals surface area contributed by atoms with Crippen molar-refractivity contribution in [2.24, 2.45) is 0 Å². The molecule has 2 aliphatic rings. The Morgan fingerprint density at radius 1 is 1.12 bits per heavy atom. The fourth-order valence-corrected chi connectivity index (χ4v) is 6.28. The van der Waals surface area contributed by atoms with Gasteiger partial charge in [0.15, 0.2) is 5.11 Å². The number of carbonyl (C=O) groups excluding carboxylic acids is 2. The zero-order valence-corrected chi connectivity index (χ0v) is 23.2. The first-order valence-electron chi connectivity index (χ1n) is 13.3. The average molecular weight is 607 g/mol. The van der Waals surface area contributed by atoms with Gasteiger partial charge in [-0.2, -0.15) is 13.2 Å². The van der Waals surface area contributed by atoms with E-state index in [4.69, 9.17) is 18.8 Å². The molecule has 1 saturated heterocycles. The molecule has 1 aliphatic carbocycles. The quantitative estimate of drug-likeness (QED) is 0.151. The number of nitrogens with zero attached hydrogens (tertiary/aromatic N) is 4. The molecule has 2 aromatic carbocycles. The van der Waals surface area contributed by atoms with Crippen LogP contribution in [0.4, 0.5) is 34.8 Å². The first kappa shape index (κ1) is 28.3. The van der Waals surface area contributed by atoms with Crippen molar-refractivity contribution in [1.82, 2.24) is 15.3 Å². The summed E-state index contributed by atoms with van der Waals surface area (Å²) in [5.41, 5.74) is -0.945. The lowest BCUT2D eigenvalue weighted by atomic mass is 9.94. The van der Waals surface area contributed by atoms with E-state index in [1.54, 1.807) is 30.5 Å². The molecule has 0 unspecified atom stereocenters. The summed E-state index contributed by atoms with van der Waals surface area (Å²) in [6, 6.07) is 11.9. The number of H-pyrrole nitrogens is 1. The molecule has 1 spiro atoms. The number of anilines is 2. The van der Waals surface area contributed by atoms with Gasteiger partial charge in [0.2, 0.25) is 0 Å². The highest BCUT2D eigenvalue weighted by atomic mass is 32.1. The standard InChI is InChI=1S/C30H22F4N6O2S/c1-35-25-22(30(32,33)34)13-21(16-37-25)39-27(42)29(9-2-3-10-29)40(28(39)43)20-6-4-19(23(31)14-20)15-38-26(41)18-5-7-24-17(12-18)8-11-36-24/h4-8,11-14,16,36H,2-3,9-10,15H2,(H,38,41). The molecule has 0 atom stereocenters. The maximum Gasteiger partial charge on any atom is 0.409 e. The molecule has 2 aromatic heterocycles. The van der Waals surface area contributed by atoms with Gasteiger partial charge in [-0.15, -0.1) is 4.98 Å². The van der Waals surface area contributed by atoms with Gasteiger partial charge in [-0.25, -0.2) is 4.39 Å². The van der Waals surface area contributed by atoms with Crippen molar-refractivity contribution in [3.8, 4) is 0 Å². The van der Waals surface area contributed by atoms with Crippen LogP contribution in [-0.2, 0) is 17.5 Å². The van der Waals surface area contributed by atoms with Gasteiger partial charge >= 0.3 is 6.18 Å². The number of rotatable bonds is 5. The molecule has 0 bridgehead atoms. The lowest BCUT2D eigenvalue weighted by Crippen LogP contribution is -2.47. The zero-order valence-electron chi connectivity index (χ0n) is 22.3. The van der Waals surface area contributed by atoms with Gasteiger partial charge in [-0.05, 0) is 67.5 Å². The number of benzene rings is 2. The third kappa shape index (κ3) is 4.77. The van der Waals surface area contributed by atoms with Crippen molar-refractivity contribution in [3.63, 3.8) is 0 Å². The summed E-state index contributed by atoms with van der Waals surface area (Å²) in [4.78, 5) is 38.6. The zero-order chi connectivity index (χ0) is 30.5. The molecule has 43 heavy (non-hydrogen) atoms. The van der Waals surface area contributed by atoms with Crippen LogP contribution in [-0.4, -0.2) is 32.4 Å². The molecule has 4 aromatic rings. The molecule has 13 heteroatoms. The van der Waals surface area contributed by atoms with E-state index in [9.17, 15) is 22.8 Å². The first-order valence-corrected chi connectivity index (χ1v) is 13.7. The Hall–Kier alpha value is -4.83. The molecule has 0 radical (unpaired) electrons.